The number of carbonyl (C=O) groups is 2. The zero-order valence-corrected chi connectivity index (χ0v) is 13.3. The molecule has 0 spiro atoms. The lowest BCUT2D eigenvalue weighted by atomic mass is 9.81. The topological polar surface area (TPSA) is 61.8 Å². The molecule has 3 rings (SSSR count). The van der Waals surface area contributed by atoms with E-state index in [0.29, 0.717) is 23.1 Å². The Morgan fingerprint density at radius 2 is 1.88 bits per heavy atom. The monoisotopic (exact) mass is 332 g/mol. The van der Waals surface area contributed by atoms with Gasteiger partial charge in [-0.1, -0.05) is 6.08 Å². The van der Waals surface area contributed by atoms with Crippen molar-refractivity contribution in [1.29, 1.82) is 0 Å². The highest BCUT2D eigenvalue weighted by atomic mass is 19.1. The Labute approximate surface area is 138 Å². The van der Waals surface area contributed by atoms with Crippen LogP contribution in [0.25, 0.3) is 0 Å². The minimum atomic E-state index is -0.665. The minimum Gasteiger partial charge on any atom is -0.471 e. The lowest BCUT2D eigenvalue weighted by Gasteiger charge is -2.33. The number of fused-ring (bicyclic) bond motifs is 1. The van der Waals surface area contributed by atoms with Gasteiger partial charge in [0.2, 0.25) is 6.29 Å². The molecule has 1 aliphatic heterocycles. The van der Waals surface area contributed by atoms with Crippen LogP contribution in [0.2, 0.25) is 0 Å². The first-order valence-corrected chi connectivity index (χ1v) is 7.53. The van der Waals surface area contributed by atoms with Crippen molar-refractivity contribution in [2.24, 2.45) is 11.8 Å². The molecule has 2 aliphatic rings. The number of methoxy groups -OCH3 is 2. The standard InChI is InChI=1S/C18H17FO5/c1-22-17(21)14-9-24-18(23-2)15-12(14)7-8-13(15)16(20)10-3-5-11(19)6-4-10/h3-6,8-9,12,15,18H,7H2,1-2H3/t12?,15?,18-/m1/s1. The maximum Gasteiger partial charge on any atom is 0.337 e. The number of allylic oxidation sites excluding steroid dienone is 1. The van der Waals surface area contributed by atoms with Gasteiger partial charge in [0.25, 0.3) is 0 Å². The van der Waals surface area contributed by atoms with Crippen molar-refractivity contribution in [2.45, 2.75) is 12.7 Å². The Kier molecular flexibility index (Phi) is 4.49. The summed E-state index contributed by atoms with van der Waals surface area (Å²) >= 11 is 0. The number of hydrogen-bond acceptors (Lipinski definition) is 5. The number of Topliss-reactive ketones (excluding diaryl/α,β-unsaturated/α-hetero) is 1. The van der Waals surface area contributed by atoms with Crippen LogP contribution in [0, 0.1) is 17.7 Å². The average Bonchev–Trinajstić information content (AvgIpc) is 3.05. The summed E-state index contributed by atoms with van der Waals surface area (Å²) in [6, 6.07) is 5.36. The fourth-order valence-electron chi connectivity index (χ4n) is 3.25. The predicted molar refractivity (Wildman–Crippen MR) is 82.4 cm³/mol. The lowest BCUT2D eigenvalue weighted by molar-refractivity contribution is -0.145. The number of ether oxygens (including phenoxy) is 3. The number of rotatable bonds is 4. The second-order valence-corrected chi connectivity index (χ2v) is 5.67. The van der Waals surface area contributed by atoms with Crippen molar-refractivity contribution in [3.05, 3.63) is 59.1 Å². The molecule has 0 amide bonds. The molecule has 0 fully saturated rings. The summed E-state index contributed by atoms with van der Waals surface area (Å²) in [5.74, 6) is -1.76. The third kappa shape index (κ3) is 2.73. The minimum absolute atomic E-state index is 0.223. The van der Waals surface area contributed by atoms with Gasteiger partial charge in [-0.3, -0.25) is 4.79 Å². The van der Waals surface area contributed by atoms with Crippen LogP contribution >= 0.6 is 0 Å². The molecule has 0 radical (unpaired) electrons. The summed E-state index contributed by atoms with van der Waals surface area (Å²) in [5, 5.41) is 0. The van der Waals surface area contributed by atoms with Crippen LogP contribution in [0.3, 0.4) is 0 Å². The van der Waals surface area contributed by atoms with E-state index in [1.54, 1.807) is 6.08 Å². The molecule has 1 aromatic rings. The molecular weight excluding hydrogens is 315 g/mol. The summed E-state index contributed by atoms with van der Waals surface area (Å²) in [4.78, 5) is 24.7. The van der Waals surface area contributed by atoms with Crippen LogP contribution in [-0.2, 0) is 19.0 Å². The molecule has 0 N–H and O–H groups in total. The van der Waals surface area contributed by atoms with E-state index in [1.807, 2.05) is 0 Å². The van der Waals surface area contributed by atoms with E-state index < -0.39 is 24.0 Å². The summed E-state index contributed by atoms with van der Waals surface area (Å²) in [6.07, 6.45) is 2.98. The number of benzene rings is 1. The Hall–Kier alpha value is -2.47. The van der Waals surface area contributed by atoms with Gasteiger partial charge in [-0.05, 0) is 30.7 Å². The molecule has 6 heteroatoms. The van der Waals surface area contributed by atoms with Gasteiger partial charge in [0.05, 0.1) is 24.9 Å². The van der Waals surface area contributed by atoms with E-state index in [2.05, 4.69) is 0 Å². The fraction of sp³-hybridized carbons (Fsp3) is 0.333. The molecule has 5 nitrogen and oxygen atoms in total. The molecular formula is C18H17FO5. The first-order valence-electron chi connectivity index (χ1n) is 7.53. The zero-order chi connectivity index (χ0) is 17.3. The molecule has 0 aromatic heterocycles. The highest BCUT2D eigenvalue weighted by molar-refractivity contribution is 6.09. The molecule has 3 atom stereocenters. The van der Waals surface area contributed by atoms with Crippen LogP contribution in [0.5, 0.6) is 0 Å². The van der Waals surface area contributed by atoms with E-state index in [0.717, 1.165) is 0 Å². The maximum absolute atomic E-state index is 13.1. The quantitative estimate of drug-likeness (QED) is 0.626. The first kappa shape index (κ1) is 16.4. The van der Waals surface area contributed by atoms with Crippen molar-refractivity contribution in [3.8, 4) is 0 Å². The Morgan fingerprint density at radius 3 is 2.50 bits per heavy atom. The highest BCUT2D eigenvalue weighted by Crippen LogP contribution is 2.44. The van der Waals surface area contributed by atoms with Crippen molar-refractivity contribution >= 4 is 11.8 Å². The number of halogens is 1. The second kappa shape index (κ2) is 6.57. The first-order chi connectivity index (χ1) is 11.6. The second-order valence-electron chi connectivity index (χ2n) is 5.67. The van der Waals surface area contributed by atoms with Gasteiger partial charge < -0.3 is 14.2 Å². The van der Waals surface area contributed by atoms with E-state index in [-0.39, 0.29) is 11.7 Å². The van der Waals surface area contributed by atoms with Gasteiger partial charge in [0.1, 0.15) is 5.82 Å². The van der Waals surface area contributed by atoms with Crippen LogP contribution in [-0.4, -0.2) is 32.3 Å². The average molecular weight is 332 g/mol. The maximum atomic E-state index is 13.1. The number of hydrogen-bond donors (Lipinski definition) is 0. The van der Waals surface area contributed by atoms with Gasteiger partial charge in [0, 0.05) is 24.2 Å². The largest absolute Gasteiger partial charge is 0.471 e. The molecule has 0 saturated heterocycles. The van der Waals surface area contributed by atoms with Crippen molar-refractivity contribution in [1.82, 2.24) is 0 Å². The highest BCUT2D eigenvalue weighted by Gasteiger charge is 2.46. The van der Waals surface area contributed by atoms with Crippen LogP contribution in [0.15, 0.2) is 47.7 Å². The Morgan fingerprint density at radius 1 is 1.17 bits per heavy atom. The van der Waals surface area contributed by atoms with E-state index in [4.69, 9.17) is 14.2 Å². The third-order valence-electron chi connectivity index (χ3n) is 4.43. The van der Waals surface area contributed by atoms with Crippen molar-refractivity contribution in [3.63, 3.8) is 0 Å². The van der Waals surface area contributed by atoms with E-state index in [9.17, 15) is 14.0 Å². The van der Waals surface area contributed by atoms with Gasteiger partial charge >= 0.3 is 5.97 Å². The molecule has 0 bridgehead atoms. The molecule has 1 aromatic carbocycles. The Bertz CT molecular complexity index is 719. The fourth-order valence-corrected chi connectivity index (χ4v) is 3.25. The van der Waals surface area contributed by atoms with Crippen molar-refractivity contribution in [2.75, 3.05) is 14.2 Å². The molecule has 0 saturated carbocycles. The summed E-state index contributed by atoms with van der Waals surface area (Å²) < 4.78 is 28.7. The van der Waals surface area contributed by atoms with Gasteiger partial charge in [0.15, 0.2) is 5.78 Å². The van der Waals surface area contributed by atoms with Crippen LogP contribution in [0.4, 0.5) is 4.39 Å². The number of ketones is 1. The summed E-state index contributed by atoms with van der Waals surface area (Å²) in [5.41, 5.74) is 1.27. The summed E-state index contributed by atoms with van der Waals surface area (Å²) in [6.45, 7) is 0. The molecule has 1 heterocycles. The zero-order valence-electron chi connectivity index (χ0n) is 13.3. The Balaban J connectivity index is 1.91. The van der Waals surface area contributed by atoms with Crippen molar-refractivity contribution < 1.29 is 28.2 Å². The third-order valence-corrected chi connectivity index (χ3v) is 4.43. The SMILES string of the molecule is COC(=O)C1=CO[C@@H](OC)C2C(C(=O)c3ccc(F)cc3)=CCC12. The van der Waals surface area contributed by atoms with Crippen LogP contribution < -0.4 is 0 Å². The van der Waals surface area contributed by atoms with E-state index in [1.165, 1.54) is 44.7 Å². The number of carbonyl (C=O) groups excluding carboxylic acids is 2. The van der Waals surface area contributed by atoms with Gasteiger partial charge in [-0.2, -0.15) is 0 Å². The molecule has 1 aliphatic carbocycles. The number of esters is 1. The summed E-state index contributed by atoms with van der Waals surface area (Å²) in [7, 11) is 2.78. The predicted octanol–water partition coefficient (Wildman–Crippen LogP) is 2.63. The lowest BCUT2D eigenvalue weighted by Crippen LogP contribution is -2.37. The van der Waals surface area contributed by atoms with E-state index >= 15 is 0 Å². The molecule has 2 unspecified atom stereocenters. The molecule has 24 heavy (non-hydrogen) atoms. The van der Waals surface area contributed by atoms with Gasteiger partial charge in [-0.25, -0.2) is 9.18 Å². The van der Waals surface area contributed by atoms with Crippen LogP contribution in [0.1, 0.15) is 16.8 Å². The normalized spacial score (nSPS) is 25.2. The molecule has 126 valence electrons. The van der Waals surface area contributed by atoms with Gasteiger partial charge in [-0.15, -0.1) is 0 Å². The smallest absolute Gasteiger partial charge is 0.337 e.